The molecule has 0 bridgehead atoms. The molecule has 1 N–H and O–H groups in total. The van der Waals surface area contributed by atoms with Crippen molar-refractivity contribution >= 4 is 5.78 Å². The minimum Gasteiger partial charge on any atom is -0.512 e. The average molecular weight is 98.1 g/mol. The third kappa shape index (κ3) is 0.796. The molecule has 1 aliphatic carbocycles. The molecule has 0 spiro atoms. The minimum atomic E-state index is 0.109. The van der Waals surface area contributed by atoms with Crippen molar-refractivity contribution in [1.29, 1.82) is 0 Å². The van der Waals surface area contributed by atoms with Crippen LogP contribution in [0.4, 0.5) is 0 Å². The zero-order valence-corrected chi connectivity index (χ0v) is 3.85. The van der Waals surface area contributed by atoms with Gasteiger partial charge in [-0.3, -0.25) is 4.79 Å². The number of carbonyl (C=O) groups excluding carboxylic acids is 1. The predicted octanol–water partition coefficient (Wildman–Crippen LogP) is 0.791. The Balaban J connectivity index is 2.58. The Morgan fingerprint density at radius 2 is 2.43 bits per heavy atom. The molecule has 0 aromatic heterocycles. The minimum absolute atomic E-state index is 0.109. The first-order valence-corrected chi connectivity index (χ1v) is 2.19. The summed E-state index contributed by atoms with van der Waals surface area (Å²) in [6.07, 6.45) is 2.22. The highest BCUT2D eigenvalue weighted by molar-refractivity contribution is 5.84. The molecular formula is C5H6O2. The van der Waals surface area contributed by atoms with Gasteiger partial charge in [0.1, 0.15) is 5.78 Å². The predicted molar refractivity (Wildman–Crippen MR) is 25.0 cm³/mol. The quantitative estimate of drug-likeness (QED) is 0.486. The normalized spacial score (nSPS) is 20.0. The van der Waals surface area contributed by atoms with Crippen molar-refractivity contribution in [3.05, 3.63) is 11.8 Å². The van der Waals surface area contributed by atoms with Crippen molar-refractivity contribution in [3.8, 4) is 0 Å². The summed E-state index contributed by atoms with van der Waals surface area (Å²) in [5.74, 6) is 0.336. The van der Waals surface area contributed by atoms with Crippen molar-refractivity contribution < 1.29 is 9.90 Å². The third-order valence-corrected chi connectivity index (χ3v) is 0.944. The topological polar surface area (TPSA) is 37.3 Å². The Morgan fingerprint density at radius 1 is 1.71 bits per heavy atom. The SMILES string of the molecule is O=C1CC=C(O)C1. The summed E-state index contributed by atoms with van der Waals surface area (Å²) in [5, 5.41) is 8.54. The van der Waals surface area contributed by atoms with Crippen LogP contribution in [0.1, 0.15) is 12.8 Å². The number of aliphatic hydroxyl groups is 1. The fourth-order valence-corrected chi connectivity index (χ4v) is 0.578. The number of hydrogen-bond donors (Lipinski definition) is 1. The molecule has 0 radical (unpaired) electrons. The van der Waals surface area contributed by atoms with Crippen LogP contribution in [0.15, 0.2) is 11.8 Å². The second kappa shape index (κ2) is 1.37. The molecule has 0 saturated heterocycles. The molecule has 0 saturated carbocycles. The van der Waals surface area contributed by atoms with Crippen molar-refractivity contribution in [2.45, 2.75) is 12.8 Å². The lowest BCUT2D eigenvalue weighted by atomic mass is 10.3. The van der Waals surface area contributed by atoms with Gasteiger partial charge >= 0.3 is 0 Å². The molecule has 0 fully saturated rings. The Morgan fingerprint density at radius 3 is 2.57 bits per heavy atom. The van der Waals surface area contributed by atoms with Gasteiger partial charge in [0.2, 0.25) is 0 Å². The molecule has 0 aromatic rings. The highest BCUT2D eigenvalue weighted by atomic mass is 16.3. The van der Waals surface area contributed by atoms with E-state index in [1.165, 1.54) is 0 Å². The number of Topliss-reactive ketones (excluding diaryl/α,β-unsaturated/α-hetero) is 1. The van der Waals surface area contributed by atoms with Crippen molar-refractivity contribution in [1.82, 2.24) is 0 Å². The number of allylic oxidation sites excluding steroid dienone is 2. The van der Waals surface area contributed by atoms with E-state index in [9.17, 15) is 4.79 Å². The van der Waals surface area contributed by atoms with Gasteiger partial charge in [-0.1, -0.05) is 0 Å². The summed E-state index contributed by atoms with van der Waals surface area (Å²) in [6.45, 7) is 0. The van der Waals surface area contributed by atoms with Crippen LogP contribution in [0.5, 0.6) is 0 Å². The second-order valence-electron chi connectivity index (χ2n) is 1.62. The Hall–Kier alpha value is -0.790. The Labute approximate surface area is 41.5 Å². The molecule has 0 aliphatic heterocycles. The highest BCUT2D eigenvalue weighted by Crippen LogP contribution is 2.09. The largest absolute Gasteiger partial charge is 0.512 e. The van der Waals surface area contributed by atoms with E-state index in [2.05, 4.69) is 0 Å². The van der Waals surface area contributed by atoms with Crippen LogP contribution < -0.4 is 0 Å². The van der Waals surface area contributed by atoms with Crippen molar-refractivity contribution in [2.75, 3.05) is 0 Å². The van der Waals surface area contributed by atoms with Crippen LogP contribution in [0.3, 0.4) is 0 Å². The molecule has 2 nitrogen and oxygen atoms in total. The molecule has 7 heavy (non-hydrogen) atoms. The number of rotatable bonds is 0. The number of ketones is 1. The first kappa shape index (κ1) is 4.37. The highest BCUT2D eigenvalue weighted by Gasteiger charge is 2.09. The lowest BCUT2D eigenvalue weighted by molar-refractivity contribution is -0.117. The maximum Gasteiger partial charge on any atom is 0.144 e. The molecule has 0 atom stereocenters. The summed E-state index contributed by atoms with van der Waals surface area (Å²) in [6, 6.07) is 0. The molecule has 1 rings (SSSR count). The van der Waals surface area contributed by atoms with Crippen LogP contribution >= 0.6 is 0 Å². The van der Waals surface area contributed by atoms with E-state index in [0.29, 0.717) is 6.42 Å². The smallest absolute Gasteiger partial charge is 0.144 e. The fourth-order valence-electron chi connectivity index (χ4n) is 0.578. The molecule has 0 amide bonds. The zero-order valence-electron chi connectivity index (χ0n) is 3.85. The van der Waals surface area contributed by atoms with E-state index < -0.39 is 0 Å². The summed E-state index contributed by atoms with van der Waals surface area (Å²) >= 11 is 0. The summed E-state index contributed by atoms with van der Waals surface area (Å²) < 4.78 is 0. The van der Waals surface area contributed by atoms with Crippen LogP contribution in [-0.2, 0) is 4.79 Å². The fraction of sp³-hybridized carbons (Fsp3) is 0.400. The molecular weight excluding hydrogens is 92.1 g/mol. The molecule has 2 heteroatoms. The van der Waals surface area contributed by atoms with E-state index in [4.69, 9.17) is 5.11 Å². The number of aliphatic hydroxyl groups excluding tert-OH is 1. The van der Waals surface area contributed by atoms with E-state index in [1.807, 2.05) is 0 Å². The zero-order chi connectivity index (χ0) is 5.28. The van der Waals surface area contributed by atoms with Crippen LogP contribution in [0.2, 0.25) is 0 Å². The van der Waals surface area contributed by atoms with Gasteiger partial charge < -0.3 is 5.11 Å². The van der Waals surface area contributed by atoms with Gasteiger partial charge in [0.25, 0.3) is 0 Å². The van der Waals surface area contributed by atoms with E-state index in [1.54, 1.807) is 6.08 Å². The van der Waals surface area contributed by atoms with E-state index in [0.717, 1.165) is 0 Å². The maximum absolute atomic E-state index is 10.2. The first-order chi connectivity index (χ1) is 3.29. The van der Waals surface area contributed by atoms with Crippen LogP contribution in [0, 0.1) is 0 Å². The summed E-state index contributed by atoms with van der Waals surface area (Å²) in [5.41, 5.74) is 0. The van der Waals surface area contributed by atoms with Crippen LogP contribution in [0.25, 0.3) is 0 Å². The van der Waals surface area contributed by atoms with Gasteiger partial charge in [0.05, 0.1) is 12.2 Å². The van der Waals surface area contributed by atoms with Crippen molar-refractivity contribution in [2.24, 2.45) is 0 Å². The van der Waals surface area contributed by atoms with E-state index in [-0.39, 0.29) is 18.0 Å². The lowest BCUT2D eigenvalue weighted by Gasteiger charge is -1.80. The molecule has 1 aliphatic rings. The number of carbonyl (C=O) groups is 1. The third-order valence-electron chi connectivity index (χ3n) is 0.944. The average Bonchev–Trinajstić information content (AvgIpc) is 1.87. The van der Waals surface area contributed by atoms with Gasteiger partial charge in [-0.15, -0.1) is 0 Å². The number of hydrogen-bond acceptors (Lipinski definition) is 2. The molecule has 38 valence electrons. The monoisotopic (exact) mass is 98.0 g/mol. The van der Waals surface area contributed by atoms with Crippen LogP contribution in [-0.4, -0.2) is 10.9 Å². The van der Waals surface area contributed by atoms with Gasteiger partial charge in [-0.25, -0.2) is 0 Å². The summed E-state index contributed by atoms with van der Waals surface area (Å²) in [4.78, 5) is 10.2. The molecule has 0 unspecified atom stereocenters. The maximum atomic E-state index is 10.2. The standard InChI is InChI=1S/C5H6O2/c6-4-1-2-5(7)3-4/h1,6H,2-3H2. The Kier molecular flexibility index (Phi) is 0.855. The lowest BCUT2D eigenvalue weighted by Crippen LogP contribution is -1.86. The van der Waals surface area contributed by atoms with Gasteiger partial charge in [0.15, 0.2) is 0 Å². The Bertz CT molecular complexity index is 124. The van der Waals surface area contributed by atoms with Gasteiger partial charge in [-0.2, -0.15) is 0 Å². The first-order valence-electron chi connectivity index (χ1n) is 2.19. The van der Waals surface area contributed by atoms with Crippen molar-refractivity contribution in [3.63, 3.8) is 0 Å². The van der Waals surface area contributed by atoms with Gasteiger partial charge in [-0.05, 0) is 6.08 Å². The molecule has 0 heterocycles. The molecule has 0 aromatic carbocycles. The summed E-state index contributed by atoms with van der Waals surface area (Å²) in [7, 11) is 0. The second-order valence-corrected chi connectivity index (χ2v) is 1.62. The van der Waals surface area contributed by atoms with E-state index >= 15 is 0 Å². The van der Waals surface area contributed by atoms with Gasteiger partial charge in [0, 0.05) is 6.42 Å².